The lowest BCUT2D eigenvalue weighted by Crippen LogP contribution is -2.27. The molecular formula is C15H16N4O3S. The summed E-state index contributed by atoms with van der Waals surface area (Å²) in [6.07, 6.45) is 1.38. The molecule has 3 rings (SSSR count). The van der Waals surface area contributed by atoms with Crippen molar-refractivity contribution in [2.75, 3.05) is 5.32 Å². The molecule has 0 fully saturated rings. The third-order valence-corrected chi connectivity index (χ3v) is 4.13. The average molecular weight is 332 g/mol. The molecule has 23 heavy (non-hydrogen) atoms. The number of carbonyl (C=O) groups excluding carboxylic acids is 1. The van der Waals surface area contributed by atoms with E-state index in [0.29, 0.717) is 10.2 Å². The van der Waals surface area contributed by atoms with Crippen LogP contribution in [-0.2, 0) is 16.8 Å². The van der Waals surface area contributed by atoms with E-state index in [-0.39, 0.29) is 29.3 Å². The van der Waals surface area contributed by atoms with E-state index in [1.165, 1.54) is 22.2 Å². The number of fused-ring (bicyclic) bond motifs is 1. The SMILES string of the molecule is CC(C)(C)c1cc(NC(=O)Cn2cnc3sccc3c2=O)on1. The maximum absolute atomic E-state index is 12.2. The Kier molecular flexibility index (Phi) is 3.77. The average Bonchev–Trinajstić information content (AvgIpc) is 3.10. The van der Waals surface area contributed by atoms with Gasteiger partial charge in [-0.25, -0.2) is 4.98 Å². The minimum atomic E-state index is -0.375. The van der Waals surface area contributed by atoms with Crippen LogP contribution >= 0.6 is 11.3 Å². The Morgan fingerprint density at radius 2 is 2.22 bits per heavy atom. The Labute approximate surface area is 135 Å². The number of thiophene rings is 1. The molecule has 3 aromatic rings. The molecule has 3 heterocycles. The van der Waals surface area contributed by atoms with Crippen LogP contribution in [0.3, 0.4) is 0 Å². The minimum Gasteiger partial charge on any atom is -0.338 e. The van der Waals surface area contributed by atoms with Crippen molar-refractivity contribution in [3.8, 4) is 0 Å². The first-order chi connectivity index (χ1) is 10.8. The van der Waals surface area contributed by atoms with Gasteiger partial charge in [0.1, 0.15) is 11.4 Å². The highest BCUT2D eigenvalue weighted by molar-refractivity contribution is 7.16. The summed E-state index contributed by atoms with van der Waals surface area (Å²) in [4.78, 5) is 29.1. The zero-order valence-corrected chi connectivity index (χ0v) is 13.8. The number of aromatic nitrogens is 3. The normalized spacial score (nSPS) is 11.8. The number of hydrogen-bond donors (Lipinski definition) is 1. The molecule has 3 aromatic heterocycles. The second kappa shape index (κ2) is 5.62. The van der Waals surface area contributed by atoms with Crippen LogP contribution in [0, 0.1) is 0 Å². The van der Waals surface area contributed by atoms with Gasteiger partial charge in [0.15, 0.2) is 0 Å². The Balaban J connectivity index is 1.75. The summed E-state index contributed by atoms with van der Waals surface area (Å²) in [7, 11) is 0. The molecule has 0 saturated heterocycles. The fourth-order valence-corrected chi connectivity index (χ4v) is 2.75. The Bertz CT molecular complexity index is 917. The Hall–Kier alpha value is -2.48. The predicted octanol–water partition coefficient (Wildman–Crippen LogP) is 2.38. The third-order valence-electron chi connectivity index (χ3n) is 3.31. The van der Waals surface area contributed by atoms with Crippen molar-refractivity contribution in [1.82, 2.24) is 14.7 Å². The molecule has 0 aromatic carbocycles. The predicted molar refractivity (Wildman–Crippen MR) is 87.7 cm³/mol. The second-order valence-corrected chi connectivity index (χ2v) is 7.09. The molecular weight excluding hydrogens is 316 g/mol. The maximum atomic E-state index is 12.2. The Morgan fingerprint density at radius 1 is 1.43 bits per heavy atom. The lowest BCUT2D eigenvalue weighted by atomic mass is 9.92. The zero-order valence-electron chi connectivity index (χ0n) is 13.0. The molecule has 0 aliphatic carbocycles. The van der Waals surface area contributed by atoms with Crippen LogP contribution in [0.25, 0.3) is 10.2 Å². The highest BCUT2D eigenvalue weighted by Gasteiger charge is 2.20. The molecule has 8 heteroatoms. The zero-order chi connectivity index (χ0) is 16.6. The highest BCUT2D eigenvalue weighted by Crippen LogP contribution is 2.23. The third kappa shape index (κ3) is 3.16. The van der Waals surface area contributed by atoms with Crippen molar-refractivity contribution < 1.29 is 9.32 Å². The number of nitrogens with zero attached hydrogens (tertiary/aromatic N) is 3. The largest absolute Gasteiger partial charge is 0.338 e. The summed E-state index contributed by atoms with van der Waals surface area (Å²) in [5.41, 5.74) is 0.336. The fourth-order valence-electron chi connectivity index (χ4n) is 2.03. The number of anilines is 1. The van der Waals surface area contributed by atoms with Gasteiger partial charge in [0, 0.05) is 11.5 Å². The van der Waals surface area contributed by atoms with Crippen LogP contribution in [0.5, 0.6) is 0 Å². The lowest BCUT2D eigenvalue weighted by molar-refractivity contribution is -0.116. The van der Waals surface area contributed by atoms with Gasteiger partial charge in [-0.3, -0.25) is 19.5 Å². The van der Waals surface area contributed by atoms with Crippen molar-refractivity contribution in [2.45, 2.75) is 32.7 Å². The quantitative estimate of drug-likeness (QED) is 0.795. The van der Waals surface area contributed by atoms with Gasteiger partial charge in [0.05, 0.1) is 17.4 Å². The van der Waals surface area contributed by atoms with Crippen molar-refractivity contribution >= 4 is 33.3 Å². The van der Waals surface area contributed by atoms with Crippen LogP contribution in [0.1, 0.15) is 26.5 Å². The maximum Gasteiger partial charge on any atom is 0.262 e. The first-order valence-electron chi connectivity index (χ1n) is 7.04. The summed E-state index contributed by atoms with van der Waals surface area (Å²) in [5.74, 6) is -0.113. The molecule has 0 saturated carbocycles. The van der Waals surface area contributed by atoms with E-state index < -0.39 is 0 Å². The van der Waals surface area contributed by atoms with Crippen LogP contribution < -0.4 is 10.9 Å². The van der Waals surface area contributed by atoms with Gasteiger partial charge in [-0.2, -0.15) is 0 Å². The first kappa shape index (κ1) is 15.4. The summed E-state index contributed by atoms with van der Waals surface area (Å²) in [6.45, 7) is 5.86. The molecule has 0 bridgehead atoms. The molecule has 1 amide bonds. The van der Waals surface area contributed by atoms with E-state index in [1.807, 2.05) is 20.8 Å². The standard InChI is InChI=1S/C15H16N4O3S/c1-15(2,3)10-6-12(22-18-10)17-11(20)7-19-8-16-13-9(14(19)21)4-5-23-13/h4-6,8H,7H2,1-3H3,(H,17,20). The summed E-state index contributed by atoms with van der Waals surface area (Å²) in [5, 5.41) is 8.84. The van der Waals surface area contributed by atoms with Crippen molar-refractivity contribution in [3.05, 3.63) is 39.9 Å². The van der Waals surface area contributed by atoms with Crippen molar-refractivity contribution in [2.24, 2.45) is 0 Å². The minimum absolute atomic E-state index is 0.136. The highest BCUT2D eigenvalue weighted by atomic mass is 32.1. The smallest absolute Gasteiger partial charge is 0.262 e. The molecule has 1 N–H and O–H groups in total. The molecule has 7 nitrogen and oxygen atoms in total. The van der Waals surface area contributed by atoms with Crippen LogP contribution in [0.15, 0.2) is 33.2 Å². The number of amides is 1. The van der Waals surface area contributed by atoms with Crippen LogP contribution in [0.4, 0.5) is 5.88 Å². The summed E-state index contributed by atoms with van der Waals surface area (Å²) < 4.78 is 6.37. The molecule has 0 radical (unpaired) electrons. The summed E-state index contributed by atoms with van der Waals surface area (Å²) >= 11 is 1.39. The molecule has 0 unspecified atom stereocenters. The molecule has 0 aliphatic rings. The van der Waals surface area contributed by atoms with Gasteiger partial charge in [-0.1, -0.05) is 25.9 Å². The van der Waals surface area contributed by atoms with E-state index in [1.54, 1.807) is 17.5 Å². The van der Waals surface area contributed by atoms with E-state index in [2.05, 4.69) is 15.5 Å². The van der Waals surface area contributed by atoms with E-state index in [4.69, 9.17) is 4.52 Å². The van der Waals surface area contributed by atoms with Crippen molar-refractivity contribution in [1.29, 1.82) is 0 Å². The number of carbonyl (C=O) groups is 1. The number of hydrogen-bond acceptors (Lipinski definition) is 6. The molecule has 0 aliphatic heterocycles. The number of nitrogens with one attached hydrogen (secondary N) is 1. The monoisotopic (exact) mass is 332 g/mol. The van der Waals surface area contributed by atoms with E-state index in [9.17, 15) is 9.59 Å². The van der Waals surface area contributed by atoms with Gasteiger partial charge in [0.25, 0.3) is 5.56 Å². The van der Waals surface area contributed by atoms with E-state index in [0.717, 1.165) is 5.69 Å². The first-order valence-corrected chi connectivity index (χ1v) is 7.92. The lowest BCUT2D eigenvalue weighted by Gasteiger charge is -2.12. The van der Waals surface area contributed by atoms with Crippen molar-refractivity contribution in [3.63, 3.8) is 0 Å². The Morgan fingerprint density at radius 3 is 2.91 bits per heavy atom. The topological polar surface area (TPSA) is 90.0 Å². The van der Waals surface area contributed by atoms with Crippen LogP contribution in [0.2, 0.25) is 0 Å². The number of rotatable bonds is 3. The van der Waals surface area contributed by atoms with Gasteiger partial charge >= 0.3 is 0 Å². The molecule has 120 valence electrons. The van der Waals surface area contributed by atoms with Gasteiger partial charge in [-0.05, 0) is 11.4 Å². The fraction of sp³-hybridized carbons (Fsp3) is 0.333. The van der Waals surface area contributed by atoms with Gasteiger partial charge in [-0.15, -0.1) is 11.3 Å². The van der Waals surface area contributed by atoms with Crippen LogP contribution in [-0.4, -0.2) is 20.6 Å². The van der Waals surface area contributed by atoms with Gasteiger partial charge < -0.3 is 4.52 Å². The van der Waals surface area contributed by atoms with E-state index >= 15 is 0 Å². The molecule has 0 atom stereocenters. The summed E-state index contributed by atoms with van der Waals surface area (Å²) in [6, 6.07) is 3.39. The van der Waals surface area contributed by atoms with Gasteiger partial charge in [0.2, 0.25) is 11.8 Å². The second-order valence-electron chi connectivity index (χ2n) is 6.19. The molecule has 0 spiro atoms.